The zero-order chi connectivity index (χ0) is 17.6. The fraction of sp³-hybridized carbons (Fsp3) is 0.579. The van der Waals surface area contributed by atoms with Gasteiger partial charge in [-0.05, 0) is 31.4 Å². The lowest BCUT2D eigenvalue weighted by atomic mass is 9.99. The van der Waals surface area contributed by atoms with E-state index in [1.54, 1.807) is 0 Å². The summed E-state index contributed by atoms with van der Waals surface area (Å²) < 4.78 is 5.90. The first-order chi connectivity index (χ1) is 12.2. The largest absolute Gasteiger partial charge is 0.438 e. The second kappa shape index (κ2) is 8.45. The minimum atomic E-state index is -0.207. The van der Waals surface area contributed by atoms with Gasteiger partial charge in [-0.2, -0.15) is 0 Å². The summed E-state index contributed by atoms with van der Waals surface area (Å²) in [6.07, 6.45) is 5.82. The summed E-state index contributed by atoms with van der Waals surface area (Å²) in [5.74, 6) is 0.500. The number of hydrogen-bond acceptors (Lipinski definition) is 5. The molecule has 0 aliphatic carbocycles. The Morgan fingerprint density at radius 3 is 3.04 bits per heavy atom. The molecule has 2 N–H and O–H groups in total. The van der Waals surface area contributed by atoms with E-state index in [-0.39, 0.29) is 17.9 Å². The predicted octanol–water partition coefficient (Wildman–Crippen LogP) is 3.67. The molecule has 136 valence electrons. The lowest BCUT2D eigenvalue weighted by molar-refractivity contribution is -0.137. The number of nitrogens with one attached hydrogen (secondary N) is 1. The van der Waals surface area contributed by atoms with Gasteiger partial charge in [0.25, 0.3) is 0 Å². The van der Waals surface area contributed by atoms with E-state index in [1.165, 1.54) is 0 Å². The smallest absolute Gasteiger partial charge is 0.227 e. The van der Waals surface area contributed by atoms with Gasteiger partial charge in [-0.25, -0.2) is 10.5 Å². The number of aromatic nitrogens is 1. The van der Waals surface area contributed by atoms with Crippen molar-refractivity contribution in [3.05, 3.63) is 30.2 Å². The SMILES string of the molecule is CCCCC[C@H](CNO)C(=O)N1CCC[C@H]1c1nc2ccccc2o1. The van der Waals surface area contributed by atoms with Gasteiger partial charge < -0.3 is 14.5 Å². The highest BCUT2D eigenvalue weighted by molar-refractivity contribution is 5.80. The van der Waals surface area contributed by atoms with E-state index in [9.17, 15) is 4.79 Å². The number of rotatable bonds is 8. The maximum absolute atomic E-state index is 13.0. The van der Waals surface area contributed by atoms with Crippen LogP contribution in [0.4, 0.5) is 0 Å². The average molecular weight is 345 g/mol. The first-order valence-electron chi connectivity index (χ1n) is 9.27. The molecule has 1 saturated heterocycles. The molecule has 6 heteroatoms. The topological polar surface area (TPSA) is 78.6 Å². The molecule has 2 heterocycles. The van der Waals surface area contributed by atoms with Gasteiger partial charge in [0.1, 0.15) is 11.6 Å². The number of benzene rings is 1. The molecule has 1 aliphatic rings. The first-order valence-corrected chi connectivity index (χ1v) is 9.27. The first kappa shape index (κ1) is 17.9. The molecule has 3 rings (SSSR count). The Kier molecular flexibility index (Phi) is 6.04. The van der Waals surface area contributed by atoms with Crippen molar-refractivity contribution in [1.29, 1.82) is 0 Å². The number of amides is 1. The van der Waals surface area contributed by atoms with Crippen LogP contribution >= 0.6 is 0 Å². The minimum Gasteiger partial charge on any atom is -0.438 e. The summed E-state index contributed by atoms with van der Waals surface area (Å²) in [7, 11) is 0. The Labute approximate surface area is 148 Å². The molecule has 1 aliphatic heterocycles. The summed E-state index contributed by atoms with van der Waals surface area (Å²) in [5.41, 5.74) is 3.77. The van der Waals surface area contributed by atoms with Crippen LogP contribution in [-0.2, 0) is 4.79 Å². The van der Waals surface area contributed by atoms with Gasteiger partial charge in [0.15, 0.2) is 5.58 Å². The van der Waals surface area contributed by atoms with E-state index in [1.807, 2.05) is 29.2 Å². The highest BCUT2D eigenvalue weighted by Crippen LogP contribution is 2.34. The quantitative estimate of drug-likeness (QED) is 0.564. The predicted molar refractivity (Wildman–Crippen MR) is 95.1 cm³/mol. The number of nitrogens with zero attached hydrogens (tertiary/aromatic N) is 2. The van der Waals surface area contributed by atoms with Crippen molar-refractivity contribution < 1.29 is 14.4 Å². The van der Waals surface area contributed by atoms with Crippen molar-refractivity contribution in [2.24, 2.45) is 5.92 Å². The Morgan fingerprint density at radius 1 is 1.44 bits per heavy atom. The maximum Gasteiger partial charge on any atom is 0.227 e. The van der Waals surface area contributed by atoms with E-state index < -0.39 is 0 Å². The maximum atomic E-state index is 13.0. The number of fused-ring (bicyclic) bond motifs is 1. The second-order valence-electron chi connectivity index (χ2n) is 6.76. The van der Waals surface area contributed by atoms with Crippen molar-refractivity contribution in [2.75, 3.05) is 13.1 Å². The number of para-hydroxylation sites is 2. The summed E-state index contributed by atoms with van der Waals surface area (Å²) in [6, 6.07) is 7.57. The minimum absolute atomic E-state index is 0.0856. The monoisotopic (exact) mass is 345 g/mol. The molecular formula is C19H27N3O3. The summed E-state index contributed by atoms with van der Waals surface area (Å²) in [5, 5.41) is 9.11. The van der Waals surface area contributed by atoms with Crippen LogP contribution in [0.3, 0.4) is 0 Å². The molecular weight excluding hydrogens is 318 g/mol. The average Bonchev–Trinajstić information content (AvgIpc) is 3.26. The van der Waals surface area contributed by atoms with Crippen LogP contribution in [-0.4, -0.2) is 34.1 Å². The molecule has 0 unspecified atom stereocenters. The molecule has 0 radical (unpaired) electrons. The molecule has 0 saturated carbocycles. The molecule has 1 fully saturated rings. The van der Waals surface area contributed by atoms with Gasteiger partial charge in [-0.15, -0.1) is 0 Å². The number of hydroxylamine groups is 1. The Hall–Kier alpha value is -1.92. The van der Waals surface area contributed by atoms with Gasteiger partial charge in [-0.3, -0.25) is 4.79 Å². The molecule has 25 heavy (non-hydrogen) atoms. The molecule has 0 spiro atoms. The standard InChI is InChI=1S/C19H27N3O3/c1-2-3-4-8-14(13-20-24)19(23)22-12-7-10-16(22)18-21-15-9-5-6-11-17(15)25-18/h5-6,9,11,14,16,20,24H,2-4,7-8,10,12-13H2,1H3/t14-,16+/m1/s1. The molecule has 1 aromatic heterocycles. The van der Waals surface area contributed by atoms with Crippen LogP contribution < -0.4 is 5.48 Å². The molecule has 1 aromatic carbocycles. The summed E-state index contributed by atoms with van der Waals surface area (Å²) >= 11 is 0. The third-order valence-corrected chi connectivity index (χ3v) is 4.97. The fourth-order valence-corrected chi connectivity index (χ4v) is 3.62. The van der Waals surface area contributed by atoms with Crippen molar-refractivity contribution in [1.82, 2.24) is 15.4 Å². The van der Waals surface area contributed by atoms with Gasteiger partial charge in [0, 0.05) is 13.1 Å². The molecule has 6 nitrogen and oxygen atoms in total. The van der Waals surface area contributed by atoms with E-state index in [2.05, 4.69) is 17.4 Å². The van der Waals surface area contributed by atoms with Crippen LogP contribution in [0.25, 0.3) is 11.1 Å². The van der Waals surface area contributed by atoms with E-state index in [0.29, 0.717) is 12.4 Å². The van der Waals surface area contributed by atoms with Crippen LogP contribution in [0.5, 0.6) is 0 Å². The second-order valence-corrected chi connectivity index (χ2v) is 6.76. The summed E-state index contributed by atoms with van der Waals surface area (Å²) in [4.78, 5) is 19.5. The van der Waals surface area contributed by atoms with Crippen LogP contribution in [0.15, 0.2) is 28.7 Å². The fourth-order valence-electron chi connectivity index (χ4n) is 3.62. The number of carbonyl (C=O) groups excluding carboxylic acids is 1. The zero-order valence-electron chi connectivity index (χ0n) is 14.8. The van der Waals surface area contributed by atoms with Crippen molar-refractivity contribution in [3.8, 4) is 0 Å². The normalized spacial score (nSPS) is 18.8. The lowest BCUT2D eigenvalue weighted by Gasteiger charge is -2.27. The van der Waals surface area contributed by atoms with Gasteiger partial charge >= 0.3 is 0 Å². The number of hydrogen-bond donors (Lipinski definition) is 2. The van der Waals surface area contributed by atoms with Crippen LogP contribution in [0.1, 0.15) is 57.4 Å². The van der Waals surface area contributed by atoms with Crippen molar-refractivity contribution in [2.45, 2.75) is 51.5 Å². The molecule has 0 bridgehead atoms. The Bertz CT molecular complexity index is 667. The van der Waals surface area contributed by atoms with Crippen LogP contribution in [0, 0.1) is 5.92 Å². The van der Waals surface area contributed by atoms with E-state index in [4.69, 9.17) is 9.62 Å². The highest BCUT2D eigenvalue weighted by atomic mass is 16.5. The van der Waals surface area contributed by atoms with Crippen LogP contribution in [0.2, 0.25) is 0 Å². The molecule has 2 atom stereocenters. The number of carbonyl (C=O) groups is 1. The van der Waals surface area contributed by atoms with Gasteiger partial charge in [0.2, 0.25) is 11.8 Å². The number of oxazole rings is 1. The van der Waals surface area contributed by atoms with Crippen molar-refractivity contribution >= 4 is 17.0 Å². The van der Waals surface area contributed by atoms with E-state index >= 15 is 0 Å². The Balaban J connectivity index is 1.75. The summed E-state index contributed by atoms with van der Waals surface area (Å²) in [6.45, 7) is 3.15. The third kappa shape index (κ3) is 4.02. The van der Waals surface area contributed by atoms with Gasteiger partial charge in [-0.1, -0.05) is 38.3 Å². The zero-order valence-corrected chi connectivity index (χ0v) is 14.8. The van der Waals surface area contributed by atoms with E-state index in [0.717, 1.165) is 56.2 Å². The number of likely N-dealkylation sites (tertiary alicyclic amines) is 1. The molecule has 2 aromatic rings. The Morgan fingerprint density at radius 2 is 2.28 bits per heavy atom. The molecule has 1 amide bonds. The lowest BCUT2D eigenvalue weighted by Crippen LogP contribution is -2.39. The van der Waals surface area contributed by atoms with Crippen molar-refractivity contribution in [3.63, 3.8) is 0 Å². The third-order valence-electron chi connectivity index (χ3n) is 4.97. The number of unbranched alkanes of at least 4 members (excludes halogenated alkanes) is 2. The highest BCUT2D eigenvalue weighted by Gasteiger charge is 2.36. The van der Waals surface area contributed by atoms with Gasteiger partial charge in [0.05, 0.1) is 5.92 Å².